The van der Waals surface area contributed by atoms with Crippen LogP contribution in [0.1, 0.15) is 26.2 Å². The molecular formula is C12H22N2OS. The number of carbonyl (C=O) groups is 1. The van der Waals surface area contributed by atoms with Gasteiger partial charge in [-0.05, 0) is 44.2 Å². The van der Waals surface area contributed by atoms with Gasteiger partial charge in [-0.1, -0.05) is 0 Å². The fourth-order valence-corrected chi connectivity index (χ4v) is 3.77. The van der Waals surface area contributed by atoms with Gasteiger partial charge in [0.15, 0.2) is 0 Å². The molecule has 2 aliphatic heterocycles. The first kappa shape index (κ1) is 12.2. The SMILES string of the molecule is CCN(C(=O)[C@@H]1CCNC1)C1CCSCC1. The minimum atomic E-state index is 0.245. The van der Waals surface area contributed by atoms with E-state index in [9.17, 15) is 4.79 Å². The van der Waals surface area contributed by atoms with Crippen molar-refractivity contribution in [1.82, 2.24) is 10.2 Å². The van der Waals surface area contributed by atoms with Crippen LogP contribution < -0.4 is 5.32 Å². The fraction of sp³-hybridized carbons (Fsp3) is 0.917. The van der Waals surface area contributed by atoms with Gasteiger partial charge in [0.1, 0.15) is 0 Å². The van der Waals surface area contributed by atoms with Crippen LogP contribution in [0.3, 0.4) is 0 Å². The molecule has 1 N–H and O–H groups in total. The molecule has 2 aliphatic rings. The van der Waals surface area contributed by atoms with E-state index in [4.69, 9.17) is 0 Å². The predicted molar refractivity (Wildman–Crippen MR) is 68.7 cm³/mol. The molecule has 2 rings (SSSR count). The van der Waals surface area contributed by atoms with E-state index >= 15 is 0 Å². The van der Waals surface area contributed by atoms with Crippen molar-refractivity contribution in [2.75, 3.05) is 31.1 Å². The summed E-state index contributed by atoms with van der Waals surface area (Å²) in [7, 11) is 0. The van der Waals surface area contributed by atoms with Gasteiger partial charge >= 0.3 is 0 Å². The van der Waals surface area contributed by atoms with Crippen LogP contribution in [-0.4, -0.2) is 48.0 Å². The third-order valence-electron chi connectivity index (χ3n) is 3.66. The van der Waals surface area contributed by atoms with Gasteiger partial charge in [0.25, 0.3) is 0 Å². The quantitative estimate of drug-likeness (QED) is 0.810. The van der Waals surface area contributed by atoms with E-state index in [1.165, 1.54) is 24.3 Å². The second kappa shape index (κ2) is 5.92. The van der Waals surface area contributed by atoms with Crippen molar-refractivity contribution >= 4 is 17.7 Å². The van der Waals surface area contributed by atoms with Crippen LogP contribution >= 0.6 is 11.8 Å². The van der Waals surface area contributed by atoms with Crippen molar-refractivity contribution in [3.05, 3.63) is 0 Å². The predicted octanol–water partition coefficient (Wildman–Crippen LogP) is 1.34. The molecule has 0 bridgehead atoms. The zero-order valence-electron chi connectivity index (χ0n) is 10.1. The van der Waals surface area contributed by atoms with E-state index in [-0.39, 0.29) is 5.92 Å². The topological polar surface area (TPSA) is 32.3 Å². The van der Waals surface area contributed by atoms with Gasteiger partial charge < -0.3 is 10.2 Å². The molecule has 92 valence electrons. The van der Waals surface area contributed by atoms with Gasteiger partial charge in [-0.15, -0.1) is 0 Å². The molecule has 0 aliphatic carbocycles. The minimum Gasteiger partial charge on any atom is -0.340 e. The highest BCUT2D eigenvalue weighted by Gasteiger charge is 2.30. The van der Waals surface area contributed by atoms with Crippen LogP contribution in [-0.2, 0) is 4.79 Å². The van der Waals surface area contributed by atoms with Crippen molar-refractivity contribution < 1.29 is 4.79 Å². The van der Waals surface area contributed by atoms with Crippen LogP contribution in [0.15, 0.2) is 0 Å². The monoisotopic (exact) mass is 242 g/mol. The molecule has 0 unspecified atom stereocenters. The number of rotatable bonds is 3. The number of thioether (sulfide) groups is 1. The molecule has 1 atom stereocenters. The van der Waals surface area contributed by atoms with Crippen LogP contribution in [0.2, 0.25) is 0 Å². The van der Waals surface area contributed by atoms with Crippen LogP contribution in [0, 0.1) is 5.92 Å². The average Bonchev–Trinajstić information content (AvgIpc) is 2.85. The second-order valence-electron chi connectivity index (χ2n) is 4.66. The summed E-state index contributed by atoms with van der Waals surface area (Å²) in [4.78, 5) is 14.5. The molecule has 3 nitrogen and oxygen atoms in total. The van der Waals surface area contributed by atoms with Gasteiger partial charge in [0, 0.05) is 19.1 Å². The number of amides is 1. The maximum atomic E-state index is 12.4. The van der Waals surface area contributed by atoms with Gasteiger partial charge in [0.2, 0.25) is 5.91 Å². The Balaban J connectivity index is 1.94. The molecule has 4 heteroatoms. The Morgan fingerprint density at radius 1 is 1.38 bits per heavy atom. The average molecular weight is 242 g/mol. The van der Waals surface area contributed by atoms with E-state index in [0.717, 1.165) is 26.1 Å². The molecule has 0 aromatic heterocycles. The van der Waals surface area contributed by atoms with Crippen molar-refractivity contribution in [2.45, 2.75) is 32.2 Å². The molecule has 0 aromatic rings. The molecule has 16 heavy (non-hydrogen) atoms. The first-order chi connectivity index (χ1) is 7.83. The lowest BCUT2D eigenvalue weighted by molar-refractivity contribution is -0.137. The summed E-state index contributed by atoms with van der Waals surface area (Å²) in [6.45, 7) is 4.89. The maximum absolute atomic E-state index is 12.4. The molecule has 2 saturated heterocycles. The summed E-state index contributed by atoms with van der Waals surface area (Å²) in [5.41, 5.74) is 0. The second-order valence-corrected chi connectivity index (χ2v) is 5.88. The zero-order chi connectivity index (χ0) is 11.4. The van der Waals surface area contributed by atoms with E-state index in [1.54, 1.807) is 0 Å². The fourth-order valence-electron chi connectivity index (χ4n) is 2.69. The summed E-state index contributed by atoms with van der Waals surface area (Å²) in [5.74, 6) is 3.08. The molecule has 2 fully saturated rings. The Hall–Kier alpha value is -0.220. The number of nitrogens with zero attached hydrogens (tertiary/aromatic N) is 1. The summed E-state index contributed by atoms with van der Waals surface area (Å²) in [6, 6.07) is 0.513. The highest BCUT2D eigenvalue weighted by atomic mass is 32.2. The lowest BCUT2D eigenvalue weighted by atomic mass is 10.0. The molecule has 1 amide bonds. The van der Waals surface area contributed by atoms with Crippen molar-refractivity contribution in [1.29, 1.82) is 0 Å². The maximum Gasteiger partial charge on any atom is 0.227 e. The Morgan fingerprint density at radius 3 is 2.69 bits per heavy atom. The van der Waals surface area contributed by atoms with Gasteiger partial charge in [-0.25, -0.2) is 0 Å². The van der Waals surface area contributed by atoms with Crippen molar-refractivity contribution in [2.24, 2.45) is 5.92 Å². The highest BCUT2D eigenvalue weighted by molar-refractivity contribution is 7.99. The minimum absolute atomic E-state index is 0.245. The number of carbonyl (C=O) groups excluding carboxylic acids is 1. The zero-order valence-corrected chi connectivity index (χ0v) is 10.9. The van der Waals surface area contributed by atoms with E-state index < -0.39 is 0 Å². The first-order valence-corrected chi connectivity index (χ1v) is 7.57. The Bertz CT molecular complexity index is 235. The lowest BCUT2D eigenvalue weighted by Gasteiger charge is -2.35. The summed E-state index contributed by atoms with van der Waals surface area (Å²) < 4.78 is 0. The smallest absolute Gasteiger partial charge is 0.227 e. The highest BCUT2D eigenvalue weighted by Crippen LogP contribution is 2.24. The molecule has 2 heterocycles. The van der Waals surface area contributed by atoms with Crippen LogP contribution in [0.25, 0.3) is 0 Å². The third kappa shape index (κ3) is 2.72. The third-order valence-corrected chi connectivity index (χ3v) is 4.71. The van der Waals surface area contributed by atoms with Gasteiger partial charge in [-0.3, -0.25) is 4.79 Å². The van der Waals surface area contributed by atoms with Crippen molar-refractivity contribution in [3.8, 4) is 0 Å². The molecular weight excluding hydrogens is 220 g/mol. The Morgan fingerprint density at radius 2 is 2.12 bits per heavy atom. The molecule has 0 spiro atoms. The van der Waals surface area contributed by atoms with E-state index in [1.807, 2.05) is 11.8 Å². The molecule has 0 radical (unpaired) electrons. The Labute approximate surface area is 102 Å². The number of nitrogens with one attached hydrogen (secondary N) is 1. The molecule has 0 aromatic carbocycles. The normalized spacial score (nSPS) is 26.9. The standard InChI is InChI=1S/C12H22N2OS/c1-2-14(11-4-7-16-8-5-11)12(15)10-3-6-13-9-10/h10-11,13H,2-9H2,1H3/t10-/m1/s1. The lowest BCUT2D eigenvalue weighted by Crippen LogP contribution is -2.45. The van der Waals surface area contributed by atoms with Gasteiger partial charge in [-0.2, -0.15) is 11.8 Å². The van der Waals surface area contributed by atoms with Crippen LogP contribution in [0.5, 0.6) is 0 Å². The number of hydrogen-bond donors (Lipinski definition) is 1. The van der Waals surface area contributed by atoms with E-state index in [2.05, 4.69) is 17.1 Å². The van der Waals surface area contributed by atoms with Crippen molar-refractivity contribution in [3.63, 3.8) is 0 Å². The van der Waals surface area contributed by atoms with Crippen LogP contribution in [0.4, 0.5) is 0 Å². The van der Waals surface area contributed by atoms with Gasteiger partial charge in [0.05, 0.1) is 5.92 Å². The molecule has 0 saturated carbocycles. The summed E-state index contributed by atoms with van der Waals surface area (Å²) >= 11 is 2.02. The summed E-state index contributed by atoms with van der Waals surface area (Å²) in [6.07, 6.45) is 3.39. The Kier molecular flexibility index (Phi) is 4.53. The first-order valence-electron chi connectivity index (χ1n) is 6.42. The summed E-state index contributed by atoms with van der Waals surface area (Å²) in [5, 5.41) is 3.28. The largest absolute Gasteiger partial charge is 0.340 e. The number of hydrogen-bond acceptors (Lipinski definition) is 3. The van der Waals surface area contributed by atoms with E-state index in [0.29, 0.717) is 11.9 Å².